The van der Waals surface area contributed by atoms with Crippen LogP contribution < -0.4 is 5.56 Å². The highest BCUT2D eigenvalue weighted by molar-refractivity contribution is 9.10. The number of piperidine rings is 1. The molecule has 0 unspecified atom stereocenters. The van der Waals surface area contributed by atoms with Gasteiger partial charge in [0.05, 0.1) is 16.3 Å². The highest BCUT2D eigenvalue weighted by Crippen LogP contribution is 2.45. The summed E-state index contributed by atoms with van der Waals surface area (Å²) in [7, 11) is 0. The number of carbonyl (C=O) groups excluding carboxylic acids is 1. The molecule has 1 aromatic heterocycles. The van der Waals surface area contributed by atoms with Crippen LogP contribution in [0, 0.1) is 6.92 Å². The van der Waals surface area contributed by atoms with Crippen molar-refractivity contribution in [3.8, 4) is 0 Å². The Kier molecular flexibility index (Phi) is 4.64. The van der Waals surface area contributed by atoms with Crippen LogP contribution in [0.3, 0.4) is 0 Å². The van der Waals surface area contributed by atoms with E-state index in [1.807, 2.05) is 39.8 Å². The summed E-state index contributed by atoms with van der Waals surface area (Å²) in [5.41, 5.74) is 1.79. The van der Waals surface area contributed by atoms with Crippen molar-refractivity contribution in [2.45, 2.75) is 58.1 Å². The number of aryl methyl sites for hydroxylation is 1. The third kappa shape index (κ3) is 3.29. The van der Waals surface area contributed by atoms with E-state index in [0.29, 0.717) is 37.9 Å². The van der Waals surface area contributed by atoms with Crippen molar-refractivity contribution in [3.63, 3.8) is 0 Å². The van der Waals surface area contributed by atoms with Crippen LogP contribution in [-0.4, -0.2) is 39.2 Å². The van der Waals surface area contributed by atoms with E-state index in [2.05, 4.69) is 22.5 Å². The molecule has 2 aromatic rings. The van der Waals surface area contributed by atoms with Crippen molar-refractivity contribution in [2.75, 3.05) is 13.1 Å². The van der Waals surface area contributed by atoms with Crippen LogP contribution in [0.2, 0.25) is 0 Å². The van der Waals surface area contributed by atoms with Gasteiger partial charge in [0.2, 0.25) is 0 Å². The minimum atomic E-state index is -0.518. The molecule has 2 aliphatic rings. The van der Waals surface area contributed by atoms with Crippen LogP contribution in [0.1, 0.15) is 45.0 Å². The molecule has 29 heavy (non-hydrogen) atoms. The van der Waals surface area contributed by atoms with Crippen LogP contribution in [0.4, 0.5) is 4.79 Å². The minimum absolute atomic E-state index is 0.0259. The quantitative estimate of drug-likeness (QED) is 0.550. The molecule has 0 saturated carbocycles. The first-order valence-corrected chi connectivity index (χ1v) is 10.7. The molecule has 6 nitrogen and oxygen atoms in total. The summed E-state index contributed by atoms with van der Waals surface area (Å²) in [5, 5.41) is 0.622. The van der Waals surface area contributed by atoms with Gasteiger partial charge in [-0.05, 0) is 63.8 Å². The van der Waals surface area contributed by atoms with Gasteiger partial charge in [0.25, 0.3) is 5.56 Å². The van der Waals surface area contributed by atoms with Crippen LogP contribution in [-0.2, 0) is 16.7 Å². The zero-order chi connectivity index (χ0) is 21.1. The Labute approximate surface area is 178 Å². The third-order valence-corrected chi connectivity index (χ3v) is 6.39. The molecule has 4 rings (SSSR count). The number of fused-ring (bicyclic) bond motifs is 3. The van der Waals surface area contributed by atoms with Gasteiger partial charge >= 0.3 is 6.09 Å². The largest absolute Gasteiger partial charge is 0.444 e. The number of nitrogens with zero attached hydrogens (tertiary/aromatic N) is 3. The van der Waals surface area contributed by atoms with Gasteiger partial charge in [-0.15, -0.1) is 0 Å². The number of carbonyl (C=O) groups is 1. The van der Waals surface area contributed by atoms with E-state index >= 15 is 0 Å². The number of hydrogen-bond acceptors (Lipinski definition) is 4. The summed E-state index contributed by atoms with van der Waals surface area (Å²) in [6.45, 7) is 13.5. The number of halogens is 1. The lowest BCUT2D eigenvalue weighted by molar-refractivity contribution is 0.0178. The van der Waals surface area contributed by atoms with E-state index in [0.717, 1.165) is 27.0 Å². The van der Waals surface area contributed by atoms with E-state index in [4.69, 9.17) is 9.72 Å². The first-order chi connectivity index (χ1) is 13.5. The smallest absolute Gasteiger partial charge is 0.410 e. The lowest BCUT2D eigenvalue weighted by Crippen LogP contribution is -2.47. The standard InChI is InChI=1S/C22H26BrN3O3/c1-13-10-15(23)11-16-17(13)24-19-22(14(2)12-26(19)18(16)27)6-8-25(9-7-22)20(28)29-21(3,4)5/h10-11H,2,6-9,12H2,1,3-5H3. The lowest BCUT2D eigenvalue weighted by atomic mass is 9.74. The molecule has 1 fully saturated rings. The maximum Gasteiger partial charge on any atom is 0.410 e. The van der Waals surface area contributed by atoms with Gasteiger partial charge in [-0.2, -0.15) is 0 Å². The number of likely N-dealkylation sites (tertiary alicyclic amines) is 1. The van der Waals surface area contributed by atoms with E-state index in [1.54, 1.807) is 9.47 Å². The molecule has 154 valence electrons. The second-order valence-corrected chi connectivity index (χ2v) is 10.0. The molecule has 0 atom stereocenters. The summed E-state index contributed by atoms with van der Waals surface area (Å²) in [5.74, 6) is 0.786. The summed E-state index contributed by atoms with van der Waals surface area (Å²) in [4.78, 5) is 32.4. The second kappa shape index (κ2) is 6.69. The molecule has 7 heteroatoms. The van der Waals surface area contributed by atoms with E-state index in [1.165, 1.54) is 0 Å². The zero-order valence-corrected chi connectivity index (χ0v) is 18.9. The Morgan fingerprint density at radius 1 is 1.28 bits per heavy atom. The maximum atomic E-state index is 13.2. The SMILES string of the molecule is C=C1Cn2c(nc3c(C)cc(Br)cc3c2=O)C12CCN(C(=O)OC(C)(C)C)CC2. The molecule has 0 aliphatic carbocycles. The monoisotopic (exact) mass is 459 g/mol. The summed E-state index contributed by atoms with van der Waals surface area (Å²) in [6.07, 6.45) is 1.09. The van der Waals surface area contributed by atoms with Gasteiger partial charge in [0, 0.05) is 24.1 Å². The molecule has 1 aromatic carbocycles. The normalized spacial score (nSPS) is 18.4. The molecule has 1 spiro atoms. The van der Waals surface area contributed by atoms with Crippen molar-refractivity contribution < 1.29 is 9.53 Å². The van der Waals surface area contributed by atoms with Gasteiger partial charge in [-0.1, -0.05) is 22.5 Å². The first kappa shape index (κ1) is 20.1. The van der Waals surface area contributed by atoms with E-state index < -0.39 is 5.60 Å². The zero-order valence-electron chi connectivity index (χ0n) is 17.3. The molecule has 0 bridgehead atoms. The van der Waals surface area contributed by atoms with Crippen molar-refractivity contribution >= 4 is 32.9 Å². The average Bonchev–Trinajstić information content (AvgIpc) is 2.88. The molecular formula is C22H26BrN3O3. The highest BCUT2D eigenvalue weighted by Gasteiger charge is 2.47. The Bertz CT molecular complexity index is 1090. The summed E-state index contributed by atoms with van der Waals surface area (Å²) < 4.78 is 8.16. The molecule has 3 heterocycles. The number of ether oxygens (including phenoxy) is 1. The molecular weight excluding hydrogens is 434 g/mol. The van der Waals surface area contributed by atoms with Gasteiger partial charge < -0.3 is 9.64 Å². The van der Waals surface area contributed by atoms with Gasteiger partial charge in [-0.3, -0.25) is 9.36 Å². The van der Waals surface area contributed by atoms with Crippen LogP contribution >= 0.6 is 15.9 Å². The predicted octanol–water partition coefficient (Wildman–Crippen LogP) is 4.31. The number of aromatic nitrogens is 2. The van der Waals surface area contributed by atoms with Crippen molar-refractivity contribution in [2.24, 2.45) is 0 Å². The van der Waals surface area contributed by atoms with Crippen LogP contribution in [0.15, 0.2) is 33.6 Å². The van der Waals surface area contributed by atoms with Crippen molar-refractivity contribution in [3.05, 3.63) is 50.5 Å². The fourth-order valence-corrected chi connectivity index (χ4v) is 5.01. The Morgan fingerprint density at radius 2 is 1.93 bits per heavy atom. The molecule has 2 aliphatic heterocycles. The Morgan fingerprint density at radius 3 is 2.55 bits per heavy atom. The van der Waals surface area contributed by atoms with E-state index in [-0.39, 0.29) is 17.1 Å². The number of hydrogen-bond donors (Lipinski definition) is 0. The first-order valence-electron chi connectivity index (χ1n) is 9.89. The third-order valence-electron chi connectivity index (χ3n) is 5.94. The number of amides is 1. The van der Waals surface area contributed by atoms with E-state index in [9.17, 15) is 9.59 Å². The lowest BCUT2D eigenvalue weighted by Gasteiger charge is -2.39. The number of allylic oxidation sites excluding steroid dienone is 1. The average molecular weight is 460 g/mol. The fraction of sp³-hybridized carbons (Fsp3) is 0.500. The molecule has 0 radical (unpaired) electrons. The highest BCUT2D eigenvalue weighted by atomic mass is 79.9. The molecule has 1 amide bonds. The van der Waals surface area contributed by atoms with Crippen molar-refractivity contribution in [1.29, 1.82) is 0 Å². The summed E-state index contributed by atoms with van der Waals surface area (Å²) in [6, 6.07) is 3.82. The number of benzene rings is 1. The minimum Gasteiger partial charge on any atom is -0.444 e. The van der Waals surface area contributed by atoms with Crippen LogP contribution in [0.25, 0.3) is 10.9 Å². The fourth-order valence-electron chi connectivity index (χ4n) is 4.44. The Hall–Kier alpha value is -2.15. The maximum absolute atomic E-state index is 13.2. The van der Waals surface area contributed by atoms with Gasteiger partial charge in [-0.25, -0.2) is 9.78 Å². The second-order valence-electron chi connectivity index (χ2n) is 9.10. The van der Waals surface area contributed by atoms with Crippen molar-refractivity contribution in [1.82, 2.24) is 14.5 Å². The molecule has 1 saturated heterocycles. The number of rotatable bonds is 0. The Balaban J connectivity index is 1.71. The topological polar surface area (TPSA) is 64.4 Å². The van der Waals surface area contributed by atoms with Gasteiger partial charge in [0.15, 0.2) is 0 Å². The van der Waals surface area contributed by atoms with Gasteiger partial charge in [0.1, 0.15) is 11.4 Å². The molecule has 0 N–H and O–H groups in total. The van der Waals surface area contributed by atoms with Crippen LogP contribution in [0.5, 0.6) is 0 Å². The summed E-state index contributed by atoms with van der Waals surface area (Å²) >= 11 is 3.48. The predicted molar refractivity (Wildman–Crippen MR) is 116 cm³/mol.